The molecule has 1 aliphatic rings. The number of carbonyl (C=O) groups excluding carboxylic acids is 1. The molecule has 10 nitrogen and oxygen atoms in total. The second-order valence-corrected chi connectivity index (χ2v) is 8.85. The molecule has 2 aromatic heterocycles. The van der Waals surface area contributed by atoms with Crippen LogP contribution in [-0.2, 0) is 23.4 Å². The molecule has 1 amide bonds. The third kappa shape index (κ3) is 4.10. The van der Waals surface area contributed by atoms with Gasteiger partial charge in [0.2, 0.25) is 0 Å². The van der Waals surface area contributed by atoms with Crippen molar-refractivity contribution in [1.82, 2.24) is 24.8 Å². The summed E-state index contributed by atoms with van der Waals surface area (Å²) in [4.78, 5) is 25.9. The number of rotatable bonds is 8. The van der Waals surface area contributed by atoms with Crippen LogP contribution in [0.15, 0.2) is 71.8 Å². The third-order valence-corrected chi connectivity index (χ3v) is 6.51. The summed E-state index contributed by atoms with van der Waals surface area (Å²) in [5.74, 6) is -1.06. The third-order valence-electron chi connectivity index (χ3n) is 6.51. The molecule has 184 valence electrons. The molecule has 0 aliphatic carbocycles. The van der Waals surface area contributed by atoms with E-state index in [2.05, 4.69) is 20.7 Å². The highest BCUT2D eigenvalue weighted by Crippen LogP contribution is 2.42. The van der Waals surface area contributed by atoms with Crippen LogP contribution in [0.2, 0.25) is 0 Å². The SMILES string of the molecule is C[C@@H](/C=C/CCn1cc(CCO)nn1)[C@]1(O)C(=O)Nc2ccc(-n3ncc4ccccc4c3=O)cc21. The Morgan fingerprint density at radius 2 is 2.03 bits per heavy atom. The van der Waals surface area contributed by atoms with Crippen molar-refractivity contribution in [3.05, 3.63) is 88.6 Å². The second-order valence-electron chi connectivity index (χ2n) is 8.85. The molecule has 0 saturated carbocycles. The number of aliphatic hydroxyl groups is 2. The first-order chi connectivity index (χ1) is 17.4. The second kappa shape index (κ2) is 9.48. The van der Waals surface area contributed by atoms with E-state index in [1.807, 2.05) is 18.2 Å². The number of nitrogens with zero attached hydrogens (tertiary/aromatic N) is 5. The summed E-state index contributed by atoms with van der Waals surface area (Å²) in [6.07, 6.45) is 8.16. The number of amides is 1. The molecule has 3 heterocycles. The van der Waals surface area contributed by atoms with Crippen molar-refractivity contribution in [2.24, 2.45) is 5.92 Å². The standard InChI is InChI=1S/C26H26N6O4/c1-17(6-4-5-12-31-16-19(11-13-33)29-30-31)26(36)22-14-20(9-10-23(22)28-25(26)35)32-24(34)21-8-3-2-7-18(21)15-27-32/h2-4,6-10,14-17,33,36H,5,11-13H2,1H3,(H,28,35)/b6-4+/t17-,26+/m0/s1. The topological polar surface area (TPSA) is 135 Å². The van der Waals surface area contributed by atoms with Crippen molar-refractivity contribution in [1.29, 1.82) is 0 Å². The fraction of sp³-hybridized carbons (Fsp3) is 0.269. The molecule has 36 heavy (non-hydrogen) atoms. The summed E-state index contributed by atoms with van der Waals surface area (Å²) in [5, 5.41) is 36.9. The minimum absolute atomic E-state index is 0.0194. The van der Waals surface area contributed by atoms with E-state index >= 15 is 0 Å². The highest BCUT2D eigenvalue weighted by atomic mass is 16.3. The van der Waals surface area contributed by atoms with Crippen LogP contribution in [0.25, 0.3) is 16.5 Å². The van der Waals surface area contributed by atoms with Crippen LogP contribution in [0.3, 0.4) is 0 Å². The van der Waals surface area contributed by atoms with E-state index < -0.39 is 17.4 Å². The van der Waals surface area contributed by atoms with Gasteiger partial charge < -0.3 is 15.5 Å². The molecule has 2 aromatic carbocycles. The Bertz CT molecular complexity index is 1520. The minimum atomic E-state index is -1.80. The largest absolute Gasteiger partial charge is 0.396 e. The van der Waals surface area contributed by atoms with Crippen molar-refractivity contribution < 1.29 is 15.0 Å². The van der Waals surface area contributed by atoms with Gasteiger partial charge in [0.25, 0.3) is 11.5 Å². The molecule has 5 rings (SSSR count). The number of anilines is 1. The molecule has 0 radical (unpaired) electrons. The van der Waals surface area contributed by atoms with E-state index in [-0.39, 0.29) is 12.2 Å². The van der Waals surface area contributed by atoms with Crippen molar-refractivity contribution >= 4 is 22.4 Å². The first-order valence-electron chi connectivity index (χ1n) is 11.7. The molecule has 3 N–H and O–H groups in total. The number of aliphatic hydroxyl groups excluding tert-OH is 1. The summed E-state index contributed by atoms with van der Waals surface area (Å²) in [7, 11) is 0. The van der Waals surface area contributed by atoms with Gasteiger partial charge in [-0.05, 0) is 30.7 Å². The average molecular weight is 487 g/mol. The van der Waals surface area contributed by atoms with E-state index in [4.69, 9.17) is 5.11 Å². The van der Waals surface area contributed by atoms with Crippen molar-refractivity contribution in [2.75, 3.05) is 11.9 Å². The molecule has 0 unspecified atom stereocenters. The number of hydrogen-bond donors (Lipinski definition) is 3. The first-order valence-corrected chi connectivity index (χ1v) is 11.7. The molecule has 0 fully saturated rings. The van der Waals surface area contributed by atoms with Gasteiger partial charge in [-0.15, -0.1) is 5.10 Å². The van der Waals surface area contributed by atoms with Gasteiger partial charge in [0.1, 0.15) is 0 Å². The van der Waals surface area contributed by atoms with E-state index in [9.17, 15) is 14.7 Å². The lowest BCUT2D eigenvalue weighted by atomic mass is 9.82. The minimum Gasteiger partial charge on any atom is -0.396 e. The highest BCUT2D eigenvalue weighted by Gasteiger charge is 2.48. The van der Waals surface area contributed by atoms with Crippen LogP contribution in [0.1, 0.15) is 24.6 Å². The lowest BCUT2D eigenvalue weighted by molar-refractivity contribution is -0.137. The van der Waals surface area contributed by atoms with Gasteiger partial charge in [0.15, 0.2) is 5.60 Å². The highest BCUT2D eigenvalue weighted by molar-refractivity contribution is 6.05. The summed E-state index contributed by atoms with van der Waals surface area (Å²) < 4.78 is 2.96. The van der Waals surface area contributed by atoms with E-state index in [0.29, 0.717) is 41.7 Å². The zero-order valence-electron chi connectivity index (χ0n) is 19.7. The molecule has 10 heteroatoms. The Morgan fingerprint density at radius 3 is 2.86 bits per heavy atom. The van der Waals surface area contributed by atoms with Crippen LogP contribution < -0.4 is 10.9 Å². The number of allylic oxidation sites excluding steroid dienone is 1. The number of fused-ring (bicyclic) bond motifs is 2. The molecular weight excluding hydrogens is 460 g/mol. The average Bonchev–Trinajstić information content (AvgIpc) is 3.44. The maximum absolute atomic E-state index is 13.0. The van der Waals surface area contributed by atoms with Gasteiger partial charge in [0.05, 0.1) is 23.0 Å². The van der Waals surface area contributed by atoms with Crippen LogP contribution in [0.5, 0.6) is 0 Å². The Hall–Kier alpha value is -4.15. The molecule has 0 spiro atoms. The fourth-order valence-electron chi connectivity index (χ4n) is 4.48. The zero-order valence-corrected chi connectivity index (χ0v) is 19.7. The number of aryl methyl sites for hydroxylation is 1. The van der Waals surface area contributed by atoms with Crippen LogP contribution in [0.4, 0.5) is 5.69 Å². The summed E-state index contributed by atoms with van der Waals surface area (Å²) in [5.41, 5.74) is -0.00539. The van der Waals surface area contributed by atoms with E-state index in [1.165, 1.54) is 4.68 Å². The lowest BCUT2D eigenvalue weighted by Gasteiger charge is -2.26. The lowest BCUT2D eigenvalue weighted by Crippen LogP contribution is -2.39. The Balaban J connectivity index is 1.39. The fourth-order valence-corrected chi connectivity index (χ4v) is 4.48. The number of carbonyl (C=O) groups is 1. The molecule has 1 aliphatic heterocycles. The maximum Gasteiger partial charge on any atom is 0.279 e. The van der Waals surface area contributed by atoms with Crippen molar-refractivity contribution in [2.45, 2.75) is 31.9 Å². The quantitative estimate of drug-likeness (QED) is 0.324. The zero-order chi connectivity index (χ0) is 25.3. The van der Waals surface area contributed by atoms with Gasteiger partial charge in [-0.3, -0.25) is 14.3 Å². The molecular formula is C26H26N6O4. The van der Waals surface area contributed by atoms with E-state index in [1.54, 1.807) is 60.4 Å². The maximum atomic E-state index is 13.0. The first kappa shape index (κ1) is 23.6. The molecule has 2 atom stereocenters. The smallest absolute Gasteiger partial charge is 0.279 e. The Morgan fingerprint density at radius 1 is 1.19 bits per heavy atom. The summed E-state index contributed by atoms with van der Waals surface area (Å²) in [6.45, 7) is 2.36. The van der Waals surface area contributed by atoms with Gasteiger partial charge in [-0.1, -0.05) is 42.5 Å². The van der Waals surface area contributed by atoms with Gasteiger partial charge in [-0.2, -0.15) is 9.78 Å². The molecule has 4 aromatic rings. The van der Waals surface area contributed by atoms with Crippen LogP contribution in [-0.4, -0.2) is 47.5 Å². The summed E-state index contributed by atoms with van der Waals surface area (Å²) in [6, 6.07) is 12.2. The van der Waals surface area contributed by atoms with Crippen molar-refractivity contribution in [3.8, 4) is 5.69 Å². The molecule has 0 bridgehead atoms. The predicted octanol–water partition coefficient (Wildman–Crippen LogP) is 1.93. The van der Waals surface area contributed by atoms with Gasteiger partial charge in [-0.25, -0.2) is 0 Å². The van der Waals surface area contributed by atoms with E-state index in [0.717, 1.165) is 11.1 Å². The van der Waals surface area contributed by atoms with Gasteiger partial charge >= 0.3 is 0 Å². The number of hydrogen-bond acceptors (Lipinski definition) is 7. The van der Waals surface area contributed by atoms with Crippen LogP contribution in [0, 0.1) is 5.92 Å². The number of nitrogens with one attached hydrogen (secondary N) is 1. The normalized spacial score (nSPS) is 18.0. The monoisotopic (exact) mass is 486 g/mol. The number of benzene rings is 2. The van der Waals surface area contributed by atoms with Gasteiger partial charge in [0, 0.05) is 48.3 Å². The summed E-state index contributed by atoms with van der Waals surface area (Å²) >= 11 is 0. The van der Waals surface area contributed by atoms with Crippen LogP contribution >= 0.6 is 0 Å². The number of aromatic nitrogens is 5. The van der Waals surface area contributed by atoms with Crippen molar-refractivity contribution in [3.63, 3.8) is 0 Å². The predicted molar refractivity (Wildman–Crippen MR) is 134 cm³/mol. The Labute approximate surface area is 206 Å². The Kier molecular flexibility index (Phi) is 6.21. The molecule has 0 saturated heterocycles.